The lowest BCUT2D eigenvalue weighted by atomic mass is 9.92. The zero-order valence-electron chi connectivity index (χ0n) is 13.9. The second-order valence-corrected chi connectivity index (χ2v) is 6.07. The highest BCUT2D eigenvalue weighted by Gasteiger charge is 2.29. The zero-order valence-corrected chi connectivity index (χ0v) is 14.7. The molecule has 0 spiro atoms. The Morgan fingerprint density at radius 2 is 1.65 bits per heavy atom. The van der Waals surface area contributed by atoms with Gasteiger partial charge in [0, 0.05) is 6.54 Å². The van der Waals surface area contributed by atoms with Crippen LogP contribution >= 0.6 is 12.4 Å². The number of carbonyl (C=O) groups is 1. The van der Waals surface area contributed by atoms with E-state index in [0.717, 1.165) is 12.0 Å². The van der Waals surface area contributed by atoms with E-state index in [1.807, 2.05) is 30.3 Å². The molecule has 1 unspecified atom stereocenters. The van der Waals surface area contributed by atoms with E-state index in [1.165, 1.54) is 16.7 Å². The molecule has 0 heterocycles. The molecule has 0 saturated heterocycles. The molecule has 0 radical (unpaired) electrons. The van der Waals surface area contributed by atoms with Gasteiger partial charge in [-0.15, -0.1) is 12.4 Å². The van der Waals surface area contributed by atoms with Crippen LogP contribution in [0.4, 0.5) is 0 Å². The first-order valence-electron chi connectivity index (χ1n) is 7.59. The summed E-state index contributed by atoms with van der Waals surface area (Å²) in [4.78, 5) is 12.4. The Balaban J connectivity index is 0.00000264. The van der Waals surface area contributed by atoms with Crippen molar-refractivity contribution in [3.05, 3.63) is 70.8 Å². The van der Waals surface area contributed by atoms with Crippen LogP contribution < -0.4 is 11.1 Å². The van der Waals surface area contributed by atoms with Crippen molar-refractivity contribution >= 4 is 18.3 Å². The predicted molar refractivity (Wildman–Crippen MR) is 97.9 cm³/mol. The number of halogens is 1. The Hall–Kier alpha value is -1.84. The summed E-state index contributed by atoms with van der Waals surface area (Å²) in [5.74, 6) is -0.150. The Kier molecular flexibility index (Phi) is 6.79. The molecule has 4 heteroatoms. The monoisotopic (exact) mass is 332 g/mol. The molecule has 0 fully saturated rings. The van der Waals surface area contributed by atoms with Gasteiger partial charge in [-0.25, -0.2) is 0 Å². The molecule has 1 amide bonds. The van der Waals surface area contributed by atoms with Crippen molar-refractivity contribution in [3.63, 3.8) is 0 Å². The van der Waals surface area contributed by atoms with Crippen molar-refractivity contribution in [3.8, 4) is 0 Å². The fourth-order valence-electron chi connectivity index (χ4n) is 2.63. The van der Waals surface area contributed by atoms with Gasteiger partial charge >= 0.3 is 0 Å². The van der Waals surface area contributed by atoms with Gasteiger partial charge in [-0.05, 0) is 38.3 Å². The summed E-state index contributed by atoms with van der Waals surface area (Å²) in [6.07, 6.45) is 0.805. The Labute approximate surface area is 144 Å². The minimum atomic E-state index is -1.01. The summed E-state index contributed by atoms with van der Waals surface area (Å²) in [6, 6.07) is 15.9. The number of hydrogen-bond donors (Lipinski definition) is 2. The Morgan fingerprint density at radius 3 is 2.22 bits per heavy atom. The maximum atomic E-state index is 12.4. The molecular weight excluding hydrogens is 308 g/mol. The topological polar surface area (TPSA) is 55.1 Å². The molecule has 0 aliphatic carbocycles. The number of nitrogens with two attached hydrogens (primary N) is 1. The average Bonchev–Trinajstić information content (AvgIpc) is 2.47. The minimum absolute atomic E-state index is 0. The van der Waals surface area contributed by atoms with Crippen LogP contribution in [0.2, 0.25) is 0 Å². The molecule has 2 rings (SSSR count). The fraction of sp³-hybridized carbons (Fsp3) is 0.316. The molecule has 1 atom stereocenters. The molecule has 0 aliphatic rings. The van der Waals surface area contributed by atoms with Gasteiger partial charge in [-0.3, -0.25) is 4.79 Å². The first-order valence-corrected chi connectivity index (χ1v) is 7.59. The second-order valence-electron chi connectivity index (χ2n) is 6.07. The Bertz CT molecular complexity index is 633. The lowest BCUT2D eigenvalue weighted by molar-refractivity contribution is -0.126. The van der Waals surface area contributed by atoms with Crippen LogP contribution in [0.3, 0.4) is 0 Å². The quantitative estimate of drug-likeness (QED) is 0.883. The van der Waals surface area contributed by atoms with Crippen molar-refractivity contribution < 1.29 is 4.79 Å². The molecule has 3 nitrogen and oxygen atoms in total. The number of aryl methyl sites for hydroxylation is 2. The standard InChI is InChI=1S/C19H24N2O.ClH/c1-14-11-15(2)13-16(12-14)9-10-21-18(22)19(3,20)17-7-5-4-6-8-17;/h4-8,11-13H,9-10,20H2,1-3H3,(H,21,22);1H. The van der Waals surface area contributed by atoms with Crippen LogP contribution in [0.25, 0.3) is 0 Å². The van der Waals surface area contributed by atoms with Crippen LogP contribution in [0.5, 0.6) is 0 Å². The molecule has 0 aromatic heterocycles. The van der Waals surface area contributed by atoms with Crippen LogP contribution in [0.15, 0.2) is 48.5 Å². The molecule has 124 valence electrons. The number of hydrogen-bond acceptors (Lipinski definition) is 2. The highest BCUT2D eigenvalue weighted by Crippen LogP contribution is 2.17. The summed E-state index contributed by atoms with van der Waals surface area (Å²) in [7, 11) is 0. The molecule has 2 aromatic rings. The summed E-state index contributed by atoms with van der Waals surface area (Å²) >= 11 is 0. The molecule has 0 saturated carbocycles. The van der Waals surface area contributed by atoms with Gasteiger partial charge in [0.15, 0.2) is 0 Å². The van der Waals surface area contributed by atoms with Gasteiger partial charge in [0.2, 0.25) is 5.91 Å². The van der Waals surface area contributed by atoms with Crippen molar-refractivity contribution in [1.29, 1.82) is 0 Å². The van der Waals surface area contributed by atoms with E-state index < -0.39 is 5.54 Å². The first kappa shape index (κ1) is 19.2. The number of rotatable bonds is 5. The summed E-state index contributed by atoms with van der Waals surface area (Å²) in [5, 5.41) is 2.94. The van der Waals surface area contributed by atoms with E-state index in [2.05, 4.69) is 37.4 Å². The van der Waals surface area contributed by atoms with E-state index in [-0.39, 0.29) is 18.3 Å². The van der Waals surface area contributed by atoms with E-state index >= 15 is 0 Å². The molecule has 0 bridgehead atoms. The van der Waals surface area contributed by atoms with E-state index in [4.69, 9.17) is 5.73 Å². The number of carbonyl (C=O) groups excluding carboxylic acids is 1. The lowest BCUT2D eigenvalue weighted by Crippen LogP contribution is -2.49. The van der Waals surface area contributed by atoms with Crippen molar-refractivity contribution in [2.45, 2.75) is 32.7 Å². The van der Waals surface area contributed by atoms with E-state index in [1.54, 1.807) is 6.92 Å². The van der Waals surface area contributed by atoms with Crippen LogP contribution in [-0.4, -0.2) is 12.5 Å². The average molecular weight is 333 g/mol. The number of nitrogens with one attached hydrogen (secondary N) is 1. The summed E-state index contributed by atoms with van der Waals surface area (Å²) in [6.45, 7) is 6.50. The normalized spacial score (nSPS) is 12.9. The van der Waals surface area contributed by atoms with E-state index in [9.17, 15) is 4.79 Å². The number of amides is 1. The minimum Gasteiger partial charge on any atom is -0.354 e. The van der Waals surface area contributed by atoms with Crippen LogP contribution in [0, 0.1) is 13.8 Å². The lowest BCUT2D eigenvalue weighted by Gasteiger charge is -2.24. The largest absolute Gasteiger partial charge is 0.354 e. The SMILES string of the molecule is Cc1cc(C)cc(CCNC(=O)C(C)(N)c2ccccc2)c1.Cl. The molecule has 3 N–H and O–H groups in total. The van der Waals surface area contributed by atoms with Crippen LogP contribution in [0.1, 0.15) is 29.2 Å². The smallest absolute Gasteiger partial charge is 0.244 e. The maximum Gasteiger partial charge on any atom is 0.244 e. The van der Waals surface area contributed by atoms with Crippen molar-refractivity contribution in [2.75, 3.05) is 6.54 Å². The molecule has 2 aromatic carbocycles. The molecule has 0 aliphatic heterocycles. The first-order chi connectivity index (χ1) is 10.4. The van der Waals surface area contributed by atoms with Crippen molar-refractivity contribution in [1.82, 2.24) is 5.32 Å². The van der Waals surface area contributed by atoms with E-state index in [0.29, 0.717) is 6.54 Å². The van der Waals surface area contributed by atoms with Gasteiger partial charge in [0.05, 0.1) is 0 Å². The van der Waals surface area contributed by atoms with Gasteiger partial charge in [-0.1, -0.05) is 59.7 Å². The number of benzene rings is 2. The van der Waals surface area contributed by atoms with Gasteiger partial charge in [-0.2, -0.15) is 0 Å². The Morgan fingerprint density at radius 1 is 1.09 bits per heavy atom. The summed E-state index contributed by atoms with van der Waals surface area (Å²) in [5.41, 5.74) is 9.73. The zero-order chi connectivity index (χ0) is 16.2. The highest BCUT2D eigenvalue weighted by atomic mass is 35.5. The maximum absolute atomic E-state index is 12.4. The van der Waals surface area contributed by atoms with Crippen molar-refractivity contribution in [2.24, 2.45) is 5.73 Å². The van der Waals surface area contributed by atoms with Crippen LogP contribution in [-0.2, 0) is 16.8 Å². The third-order valence-electron chi connectivity index (χ3n) is 3.83. The predicted octanol–water partition coefficient (Wildman–Crippen LogP) is 3.26. The highest BCUT2D eigenvalue weighted by molar-refractivity contribution is 5.87. The summed E-state index contributed by atoms with van der Waals surface area (Å²) < 4.78 is 0. The third-order valence-corrected chi connectivity index (χ3v) is 3.83. The third kappa shape index (κ3) is 5.08. The molecule has 23 heavy (non-hydrogen) atoms. The molecular formula is C19H25ClN2O. The van der Waals surface area contributed by atoms with Gasteiger partial charge in [0.25, 0.3) is 0 Å². The fourth-order valence-corrected chi connectivity index (χ4v) is 2.63. The van der Waals surface area contributed by atoms with Gasteiger partial charge in [0.1, 0.15) is 5.54 Å². The second kappa shape index (κ2) is 8.14. The van der Waals surface area contributed by atoms with Gasteiger partial charge < -0.3 is 11.1 Å².